The zero-order valence-corrected chi connectivity index (χ0v) is 17.0. The summed E-state index contributed by atoms with van der Waals surface area (Å²) in [7, 11) is 1.52. The maximum Gasteiger partial charge on any atom is 0.332 e. The van der Waals surface area contributed by atoms with Crippen molar-refractivity contribution in [2.75, 3.05) is 12.4 Å². The topological polar surface area (TPSA) is 108 Å². The molecule has 0 bridgehead atoms. The first-order valence-electron chi connectivity index (χ1n) is 9.40. The van der Waals surface area contributed by atoms with Gasteiger partial charge in [0.1, 0.15) is 12.1 Å². The number of methoxy groups -OCH3 is 1. The van der Waals surface area contributed by atoms with E-state index in [1.54, 1.807) is 12.1 Å². The summed E-state index contributed by atoms with van der Waals surface area (Å²) in [5, 5.41) is 13.8. The highest BCUT2D eigenvalue weighted by atomic mass is 16.5. The third-order valence-electron chi connectivity index (χ3n) is 4.50. The van der Waals surface area contributed by atoms with E-state index in [1.165, 1.54) is 25.0 Å². The van der Waals surface area contributed by atoms with Crippen molar-refractivity contribution in [2.45, 2.75) is 32.4 Å². The number of ether oxygens (including phenoxy) is 2. The first-order chi connectivity index (χ1) is 14.5. The molecule has 2 atom stereocenters. The predicted octanol–water partition coefficient (Wildman–Crippen LogP) is 2.34. The number of benzene rings is 2. The molecule has 1 amide bonds. The molecular weight excluding hydrogens is 386 g/mol. The van der Waals surface area contributed by atoms with Gasteiger partial charge in [0.25, 0.3) is 5.91 Å². The van der Waals surface area contributed by atoms with E-state index in [9.17, 15) is 9.59 Å². The monoisotopic (exact) mass is 409 g/mol. The Balaban J connectivity index is 1.70. The molecule has 0 saturated carbocycles. The van der Waals surface area contributed by atoms with Gasteiger partial charge in [-0.1, -0.05) is 36.4 Å². The smallest absolute Gasteiger partial charge is 0.332 e. The van der Waals surface area contributed by atoms with E-state index in [0.717, 1.165) is 11.1 Å². The Morgan fingerprint density at radius 3 is 2.60 bits per heavy atom. The van der Waals surface area contributed by atoms with Crippen LogP contribution < -0.4 is 10.1 Å². The van der Waals surface area contributed by atoms with E-state index in [1.807, 2.05) is 43.3 Å². The molecule has 30 heavy (non-hydrogen) atoms. The summed E-state index contributed by atoms with van der Waals surface area (Å²) in [4.78, 5) is 25.5. The van der Waals surface area contributed by atoms with Gasteiger partial charge in [0.2, 0.25) is 0 Å². The lowest BCUT2D eigenvalue weighted by Crippen LogP contribution is -2.34. The quantitative estimate of drug-likeness (QED) is 0.569. The molecule has 1 aromatic heterocycles. The van der Waals surface area contributed by atoms with Gasteiger partial charge in [-0.25, -0.2) is 9.48 Å². The summed E-state index contributed by atoms with van der Waals surface area (Å²) in [6, 6.07) is 14.0. The molecule has 9 nitrogen and oxygen atoms in total. The van der Waals surface area contributed by atoms with Crippen LogP contribution in [0.5, 0.6) is 5.75 Å². The summed E-state index contributed by atoms with van der Waals surface area (Å²) in [6.07, 6.45) is 0.639. The summed E-state index contributed by atoms with van der Waals surface area (Å²) in [5.41, 5.74) is 2.38. The number of nitrogens with zero attached hydrogens (tertiary/aromatic N) is 4. The van der Waals surface area contributed by atoms with Crippen molar-refractivity contribution in [1.29, 1.82) is 0 Å². The molecule has 0 aliphatic carbocycles. The minimum Gasteiger partial charge on any atom is -0.495 e. The SMILES string of the molecule is COc1ccc(C)cc1NC(=O)[C@@H](C)OC(=O)[C@H](Cc1ccccc1)n1cnnn1. The molecule has 3 aromatic rings. The molecule has 0 unspecified atom stereocenters. The number of aryl methyl sites for hydroxylation is 1. The molecule has 0 spiro atoms. The second kappa shape index (κ2) is 9.64. The molecule has 0 radical (unpaired) electrons. The van der Waals surface area contributed by atoms with E-state index in [0.29, 0.717) is 17.9 Å². The second-order valence-electron chi connectivity index (χ2n) is 6.77. The number of carbonyl (C=O) groups is 2. The van der Waals surface area contributed by atoms with Crippen LogP contribution in [0.1, 0.15) is 24.1 Å². The fourth-order valence-electron chi connectivity index (χ4n) is 2.89. The third-order valence-corrected chi connectivity index (χ3v) is 4.50. The van der Waals surface area contributed by atoms with E-state index >= 15 is 0 Å². The zero-order chi connectivity index (χ0) is 21.5. The fourth-order valence-corrected chi connectivity index (χ4v) is 2.89. The van der Waals surface area contributed by atoms with Gasteiger partial charge in [0.05, 0.1) is 12.8 Å². The van der Waals surface area contributed by atoms with Gasteiger partial charge in [0, 0.05) is 6.42 Å². The minimum atomic E-state index is -1.03. The molecule has 9 heteroatoms. The van der Waals surface area contributed by atoms with Crippen molar-refractivity contribution < 1.29 is 19.1 Å². The Hall–Kier alpha value is -3.75. The Labute approximate surface area is 174 Å². The van der Waals surface area contributed by atoms with E-state index in [-0.39, 0.29) is 0 Å². The molecule has 2 aromatic carbocycles. The lowest BCUT2D eigenvalue weighted by molar-refractivity contribution is -0.156. The van der Waals surface area contributed by atoms with E-state index in [2.05, 4.69) is 20.8 Å². The highest BCUT2D eigenvalue weighted by molar-refractivity contribution is 5.96. The summed E-state index contributed by atoms with van der Waals surface area (Å²) in [6.45, 7) is 3.41. The maximum atomic E-state index is 12.8. The van der Waals surface area contributed by atoms with Crippen molar-refractivity contribution in [3.8, 4) is 5.75 Å². The molecule has 0 aliphatic rings. The zero-order valence-electron chi connectivity index (χ0n) is 17.0. The first kappa shape index (κ1) is 21.0. The number of carbonyl (C=O) groups excluding carboxylic acids is 2. The average Bonchev–Trinajstić information content (AvgIpc) is 3.27. The van der Waals surface area contributed by atoms with Crippen molar-refractivity contribution in [3.05, 3.63) is 66.0 Å². The van der Waals surface area contributed by atoms with Crippen LogP contribution in [-0.4, -0.2) is 45.3 Å². The van der Waals surface area contributed by atoms with E-state index in [4.69, 9.17) is 9.47 Å². The van der Waals surface area contributed by atoms with E-state index < -0.39 is 24.0 Å². The lowest BCUT2D eigenvalue weighted by Gasteiger charge is -2.19. The summed E-state index contributed by atoms with van der Waals surface area (Å²) in [5.74, 6) is -0.560. The van der Waals surface area contributed by atoms with Crippen molar-refractivity contribution in [3.63, 3.8) is 0 Å². The number of anilines is 1. The third kappa shape index (κ3) is 5.19. The Kier molecular flexibility index (Phi) is 6.74. The van der Waals surface area contributed by atoms with Crippen LogP contribution in [0.3, 0.4) is 0 Å². The number of tetrazole rings is 1. The number of hydrogen-bond acceptors (Lipinski definition) is 7. The predicted molar refractivity (Wildman–Crippen MR) is 109 cm³/mol. The number of hydrogen-bond donors (Lipinski definition) is 1. The number of rotatable bonds is 8. The Morgan fingerprint density at radius 1 is 1.17 bits per heavy atom. The number of esters is 1. The molecular formula is C21H23N5O4. The van der Waals surface area contributed by atoms with Gasteiger partial charge in [-0.05, 0) is 47.5 Å². The van der Waals surface area contributed by atoms with Gasteiger partial charge in [-0.2, -0.15) is 0 Å². The maximum absolute atomic E-state index is 12.8. The molecule has 0 aliphatic heterocycles. The van der Waals surface area contributed by atoms with Crippen molar-refractivity contribution in [1.82, 2.24) is 20.2 Å². The van der Waals surface area contributed by atoms with Gasteiger partial charge in [-0.15, -0.1) is 5.10 Å². The number of amides is 1. The van der Waals surface area contributed by atoms with Gasteiger partial charge >= 0.3 is 5.97 Å². The Bertz CT molecular complexity index is 992. The second-order valence-corrected chi connectivity index (χ2v) is 6.77. The fraction of sp³-hybridized carbons (Fsp3) is 0.286. The highest BCUT2D eigenvalue weighted by Gasteiger charge is 2.28. The largest absolute Gasteiger partial charge is 0.495 e. The summed E-state index contributed by atoms with van der Waals surface area (Å²) < 4.78 is 12.0. The van der Waals surface area contributed by atoms with Crippen LogP contribution >= 0.6 is 0 Å². The van der Waals surface area contributed by atoms with Crippen molar-refractivity contribution >= 4 is 17.6 Å². The van der Waals surface area contributed by atoms with Crippen LogP contribution in [0, 0.1) is 6.92 Å². The highest BCUT2D eigenvalue weighted by Crippen LogP contribution is 2.25. The van der Waals surface area contributed by atoms with Gasteiger partial charge in [-0.3, -0.25) is 4.79 Å². The van der Waals surface area contributed by atoms with Crippen LogP contribution in [0.15, 0.2) is 54.9 Å². The molecule has 156 valence electrons. The Morgan fingerprint density at radius 2 is 1.93 bits per heavy atom. The normalized spacial score (nSPS) is 12.6. The van der Waals surface area contributed by atoms with Crippen molar-refractivity contribution in [2.24, 2.45) is 0 Å². The molecule has 3 rings (SSSR count). The van der Waals surface area contributed by atoms with Crippen LogP contribution in [0.25, 0.3) is 0 Å². The molecule has 1 N–H and O–H groups in total. The number of nitrogens with one attached hydrogen (secondary N) is 1. The molecule has 0 fully saturated rings. The summed E-state index contributed by atoms with van der Waals surface area (Å²) >= 11 is 0. The molecule has 1 heterocycles. The van der Waals surface area contributed by atoms with Gasteiger partial charge < -0.3 is 14.8 Å². The van der Waals surface area contributed by atoms with Crippen LogP contribution in [0.4, 0.5) is 5.69 Å². The average molecular weight is 409 g/mol. The first-order valence-corrected chi connectivity index (χ1v) is 9.40. The van der Waals surface area contributed by atoms with Crippen LogP contribution in [-0.2, 0) is 20.7 Å². The standard InChI is InChI=1S/C21H23N5O4/c1-14-9-10-19(29-3)17(11-14)23-20(27)15(2)30-21(28)18(26-13-22-24-25-26)12-16-7-5-4-6-8-16/h4-11,13,15,18H,12H2,1-3H3,(H,23,27)/t15-,18+/m1/s1. The number of aromatic nitrogens is 4. The lowest BCUT2D eigenvalue weighted by atomic mass is 10.1. The van der Waals surface area contributed by atoms with Gasteiger partial charge in [0.15, 0.2) is 12.1 Å². The minimum absolute atomic E-state index is 0.324. The van der Waals surface area contributed by atoms with Crippen LogP contribution in [0.2, 0.25) is 0 Å². The molecule has 0 saturated heterocycles.